The molecule has 0 spiro atoms. The van der Waals surface area contributed by atoms with E-state index in [1.54, 1.807) is 7.11 Å². The number of benzene rings is 1. The van der Waals surface area contributed by atoms with Crippen LogP contribution in [-0.4, -0.2) is 25.3 Å². The lowest BCUT2D eigenvalue weighted by Gasteiger charge is -2.12. The molecule has 1 N–H and O–H groups in total. The maximum Gasteiger partial charge on any atom is 0.230 e. The first-order chi connectivity index (χ1) is 10.3. The van der Waals surface area contributed by atoms with Gasteiger partial charge in [0, 0.05) is 11.4 Å². The summed E-state index contributed by atoms with van der Waals surface area (Å²) in [5, 5.41) is 3.00. The van der Waals surface area contributed by atoms with Crippen molar-refractivity contribution in [2.75, 3.05) is 19.4 Å². The zero-order valence-electron chi connectivity index (χ0n) is 12.6. The summed E-state index contributed by atoms with van der Waals surface area (Å²) in [6.07, 6.45) is 8.35. The van der Waals surface area contributed by atoms with Gasteiger partial charge in [-0.2, -0.15) is 0 Å². The second-order valence-corrected chi connectivity index (χ2v) is 6.22. The molecule has 114 valence electrons. The lowest BCUT2D eigenvalue weighted by molar-refractivity contribution is -0.118. The Morgan fingerprint density at radius 2 is 2.29 bits per heavy atom. The van der Waals surface area contributed by atoms with Gasteiger partial charge in [-0.3, -0.25) is 4.79 Å². The monoisotopic (exact) mass is 305 g/mol. The highest BCUT2D eigenvalue weighted by atomic mass is 32.2. The number of hydrogen-bond donors (Lipinski definition) is 1. The summed E-state index contributed by atoms with van der Waals surface area (Å²) in [6.45, 7) is 0.753. The molecule has 0 unspecified atom stereocenters. The van der Waals surface area contributed by atoms with Gasteiger partial charge in [0.1, 0.15) is 5.75 Å². The average molecular weight is 305 g/mol. The van der Waals surface area contributed by atoms with Crippen LogP contribution in [0.2, 0.25) is 0 Å². The van der Waals surface area contributed by atoms with Gasteiger partial charge in [-0.1, -0.05) is 17.7 Å². The molecule has 1 aromatic rings. The number of allylic oxidation sites excluding steroid dienone is 1. The van der Waals surface area contributed by atoms with Crippen molar-refractivity contribution < 1.29 is 9.53 Å². The van der Waals surface area contributed by atoms with E-state index in [1.807, 2.05) is 24.3 Å². The molecule has 0 saturated heterocycles. The van der Waals surface area contributed by atoms with Gasteiger partial charge in [-0.15, -0.1) is 11.8 Å². The van der Waals surface area contributed by atoms with E-state index in [0.717, 1.165) is 23.6 Å². The van der Waals surface area contributed by atoms with Crippen molar-refractivity contribution in [2.45, 2.75) is 37.0 Å². The van der Waals surface area contributed by atoms with Crippen LogP contribution in [0.4, 0.5) is 0 Å². The molecule has 4 heteroatoms. The SMILES string of the molecule is COc1cccc(SCC(=O)NCCC2=CCCCC2)c1. The molecule has 0 radical (unpaired) electrons. The van der Waals surface area contributed by atoms with Crippen molar-refractivity contribution in [1.29, 1.82) is 0 Å². The van der Waals surface area contributed by atoms with Crippen molar-refractivity contribution in [3.05, 3.63) is 35.9 Å². The number of nitrogens with one attached hydrogen (secondary N) is 1. The Hall–Kier alpha value is -1.42. The van der Waals surface area contributed by atoms with Gasteiger partial charge in [0.2, 0.25) is 5.91 Å². The van der Waals surface area contributed by atoms with E-state index < -0.39 is 0 Å². The summed E-state index contributed by atoms with van der Waals surface area (Å²) in [5.41, 5.74) is 1.50. The van der Waals surface area contributed by atoms with Crippen LogP contribution in [0.5, 0.6) is 5.75 Å². The number of methoxy groups -OCH3 is 1. The largest absolute Gasteiger partial charge is 0.497 e. The van der Waals surface area contributed by atoms with Crippen molar-refractivity contribution in [3.63, 3.8) is 0 Å². The second kappa shape index (κ2) is 8.78. The van der Waals surface area contributed by atoms with Gasteiger partial charge in [-0.05, 0) is 50.3 Å². The number of ether oxygens (including phenoxy) is 1. The predicted octanol–water partition coefficient (Wildman–Crippen LogP) is 3.79. The molecule has 0 aliphatic heterocycles. The van der Waals surface area contributed by atoms with Gasteiger partial charge >= 0.3 is 0 Å². The van der Waals surface area contributed by atoms with Gasteiger partial charge < -0.3 is 10.1 Å². The van der Waals surface area contributed by atoms with E-state index in [2.05, 4.69) is 11.4 Å². The topological polar surface area (TPSA) is 38.3 Å². The first-order valence-electron chi connectivity index (χ1n) is 7.49. The van der Waals surface area contributed by atoms with Crippen molar-refractivity contribution >= 4 is 17.7 Å². The Balaban J connectivity index is 1.66. The molecule has 1 amide bonds. The second-order valence-electron chi connectivity index (χ2n) is 5.18. The standard InChI is InChI=1S/C17H23NO2S/c1-20-15-8-5-9-16(12-15)21-13-17(19)18-11-10-14-6-3-2-4-7-14/h5-6,8-9,12H,2-4,7,10-11,13H2,1H3,(H,18,19). The zero-order valence-corrected chi connectivity index (χ0v) is 13.4. The summed E-state index contributed by atoms with van der Waals surface area (Å²) < 4.78 is 5.17. The number of carbonyl (C=O) groups is 1. The minimum Gasteiger partial charge on any atom is -0.497 e. The van der Waals surface area contributed by atoms with E-state index in [9.17, 15) is 4.79 Å². The fraction of sp³-hybridized carbons (Fsp3) is 0.471. The minimum atomic E-state index is 0.0965. The Bertz CT molecular complexity index is 499. The lowest BCUT2D eigenvalue weighted by atomic mass is 9.97. The molecule has 0 heterocycles. The highest BCUT2D eigenvalue weighted by Crippen LogP contribution is 2.22. The highest BCUT2D eigenvalue weighted by Gasteiger charge is 2.06. The number of thioether (sulfide) groups is 1. The van der Waals surface area contributed by atoms with Crippen LogP contribution in [0.25, 0.3) is 0 Å². The number of carbonyl (C=O) groups excluding carboxylic acids is 1. The van der Waals surface area contributed by atoms with Crippen LogP contribution >= 0.6 is 11.8 Å². The quantitative estimate of drug-likeness (QED) is 0.615. The van der Waals surface area contributed by atoms with Crippen LogP contribution in [-0.2, 0) is 4.79 Å². The van der Waals surface area contributed by atoms with E-state index in [1.165, 1.54) is 43.0 Å². The Morgan fingerprint density at radius 3 is 3.05 bits per heavy atom. The average Bonchev–Trinajstić information content (AvgIpc) is 2.54. The van der Waals surface area contributed by atoms with Crippen LogP contribution in [0.15, 0.2) is 40.8 Å². The third-order valence-corrected chi connectivity index (χ3v) is 4.56. The zero-order chi connectivity index (χ0) is 14.9. The van der Waals surface area contributed by atoms with Crippen molar-refractivity contribution in [2.24, 2.45) is 0 Å². The summed E-state index contributed by atoms with van der Waals surface area (Å²) >= 11 is 1.54. The fourth-order valence-corrected chi connectivity index (χ4v) is 3.16. The van der Waals surface area contributed by atoms with Crippen LogP contribution < -0.4 is 10.1 Å². The molecule has 0 atom stereocenters. The van der Waals surface area contributed by atoms with Gasteiger partial charge in [0.25, 0.3) is 0 Å². The summed E-state index contributed by atoms with van der Waals surface area (Å²) in [6, 6.07) is 7.79. The van der Waals surface area contributed by atoms with Gasteiger partial charge in [-0.25, -0.2) is 0 Å². The first-order valence-corrected chi connectivity index (χ1v) is 8.48. The maximum atomic E-state index is 11.8. The Labute approximate surface area is 131 Å². The molecule has 1 aromatic carbocycles. The molecule has 2 rings (SSSR count). The maximum absolute atomic E-state index is 11.8. The van der Waals surface area contributed by atoms with Crippen LogP contribution in [0.3, 0.4) is 0 Å². The summed E-state index contributed by atoms with van der Waals surface area (Å²) in [5.74, 6) is 1.37. The molecular formula is C17H23NO2S. The highest BCUT2D eigenvalue weighted by molar-refractivity contribution is 8.00. The lowest BCUT2D eigenvalue weighted by Crippen LogP contribution is -2.26. The minimum absolute atomic E-state index is 0.0965. The first kappa shape index (κ1) is 16.0. The van der Waals surface area contributed by atoms with E-state index in [0.29, 0.717) is 5.75 Å². The molecule has 1 aliphatic carbocycles. The van der Waals surface area contributed by atoms with Crippen LogP contribution in [0.1, 0.15) is 32.1 Å². The molecular weight excluding hydrogens is 282 g/mol. The van der Waals surface area contributed by atoms with Gasteiger partial charge in [0.05, 0.1) is 12.9 Å². The molecule has 0 fully saturated rings. The Morgan fingerprint density at radius 1 is 1.38 bits per heavy atom. The van der Waals surface area contributed by atoms with Crippen molar-refractivity contribution in [1.82, 2.24) is 5.32 Å². The molecule has 0 saturated carbocycles. The van der Waals surface area contributed by atoms with E-state index in [4.69, 9.17) is 4.74 Å². The fourth-order valence-electron chi connectivity index (χ4n) is 2.39. The Kier molecular flexibility index (Phi) is 6.67. The molecule has 21 heavy (non-hydrogen) atoms. The van der Waals surface area contributed by atoms with Crippen LogP contribution in [0, 0.1) is 0 Å². The summed E-state index contributed by atoms with van der Waals surface area (Å²) in [4.78, 5) is 12.9. The summed E-state index contributed by atoms with van der Waals surface area (Å²) in [7, 11) is 1.65. The normalized spacial score (nSPS) is 14.4. The van der Waals surface area contributed by atoms with E-state index >= 15 is 0 Å². The molecule has 0 bridgehead atoms. The van der Waals surface area contributed by atoms with Crippen molar-refractivity contribution in [3.8, 4) is 5.75 Å². The smallest absolute Gasteiger partial charge is 0.230 e. The van der Waals surface area contributed by atoms with Gasteiger partial charge in [0.15, 0.2) is 0 Å². The molecule has 3 nitrogen and oxygen atoms in total. The third kappa shape index (κ3) is 5.84. The molecule has 0 aromatic heterocycles. The van der Waals surface area contributed by atoms with E-state index in [-0.39, 0.29) is 5.91 Å². The number of hydrogen-bond acceptors (Lipinski definition) is 3. The molecule has 1 aliphatic rings. The third-order valence-electron chi connectivity index (χ3n) is 3.56. The number of amides is 1. The predicted molar refractivity (Wildman–Crippen MR) is 87.9 cm³/mol. The number of rotatable bonds is 7.